The van der Waals surface area contributed by atoms with Crippen molar-refractivity contribution in [2.75, 3.05) is 0 Å². The summed E-state index contributed by atoms with van der Waals surface area (Å²) < 4.78 is 6.21. The first-order chi connectivity index (χ1) is 37.0. The molecule has 3 aliphatic carbocycles. The van der Waals surface area contributed by atoms with E-state index < -0.39 is 12.0 Å². The van der Waals surface area contributed by atoms with Gasteiger partial charge >= 0.3 is 0 Å². The Balaban J connectivity index is 0. The van der Waals surface area contributed by atoms with E-state index in [9.17, 15) is 38.7 Å². The van der Waals surface area contributed by atoms with Gasteiger partial charge in [0.2, 0.25) is 5.78 Å². The van der Waals surface area contributed by atoms with Gasteiger partial charge in [-0.25, -0.2) is 0 Å². The van der Waals surface area contributed by atoms with E-state index in [0.717, 1.165) is 130 Å². The number of hydrogen-bond acceptors (Lipinski definition) is 8. The fraction of sp³-hybridized carbons (Fsp3) is 0.632. The molecule has 0 heterocycles. The van der Waals surface area contributed by atoms with Crippen LogP contribution in [0.1, 0.15) is 283 Å². The number of aldehydes is 1. The molecule has 79 heavy (non-hydrogen) atoms. The molecule has 4 atom stereocenters. The van der Waals surface area contributed by atoms with Crippen LogP contribution in [0.2, 0.25) is 0 Å². The van der Waals surface area contributed by atoms with Gasteiger partial charge in [0.1, 0.15) is 12.4 Å². The third kappa shape index (κ3) is 30.3. The first-order valence-electron chi connectivity index (χ1n) is 30.6. The molecule has 0 amide bonds. The van der Waals surface area contributed by atoms with Gasteiger partial charge in [0.15, 0.2) is 28.9 Å². The zero-order valence-corrected chi connectivity index (χ0v) is 51.4. The molecule has 0 saturated heterocycles. The number of carbonyl (C=O) groups excluding carboxylic acids is 7. The van der Waals surface area contributed by atoms with Crippen LogP contribution < -0.4 is 0 Å². The molecule has 0 spiro atoms. The Bertz CT molecular complexity index is 2180. The zero-order valence-electron chi connectivity index (χ0n) is 49.4. The molecule has 3 aromatic rings. The maximum Gasteiger partial charge on any atom is 0.201 e. The number of benzene rings is 3. The Morgan fingerprint density at radius 1 is 0.519 bits per heavy atom. The second-order valence-corrected chi connectivity index (χ2v) is 21.4. The Kier molecular flexibility index (Phi) is 45.7. The number of aliphatic hydroxyl groups is 1. The van der Waals surface area contributed by atoms with Crippen molar-refractivity contribution in [3.63, 3.8) is 0 Å². The summed E-state index contributed by atoms with van der Waals surface area (Å²) in [5.41, 5.74) is 5.71. The van der Waals surface area contributed by atoms with Crippen LogP contribution >= 0.6 is 40.5 Å². The molecule has 0 aliphatic heterocycles. The molecule has 11 heteroatoms. The first kappa shape index (κ1) is 75.4. The van der Waals surface area contributed by atoms with Crippen LogP contribution in [0.5, 0.6) is 0 Å². The molecule has 0 fully saturated rings. The maximum atomic E-state index is 12.9. The van der Waals surface area contributed by atoms with Crippen LogP contribution in [0.3, 0.4) is 0 Å². The highest BCUT2D eigenvalue weighted by Gasteiger charge is 2.29. The molecular weight excluding hydrogens is 1040 g/mol. The van der Waals surface area contributed by atoms with Crippen molar-refractivity contribution < 1.29 is 40.0 Å². The van der Waals surface area contributed by atoms with Crippen LogP contribution in [0.15, 0.2) is 72.8 Å². The molecule has 8 nitrogen and oxygen atoms in total. The second-order valence-electron chi connectivity index (χ2n) is 21.4. The lowest BCUT2D eigenvalue weighted by atomic mass is 9.84. The van der Waals surface area contributed by atoms with Crippen molar-refractivity contribution in [2.45, 2.75) is 260 Å². The molecule has 446 valence electrons. The molecule has 3 aliphatic rings. The van der Waals surface area contributed by atoms with Crippen LogP contribution in [0.25, 0.3) is 0 Å². The third-order valence-corrected chi connectivity index (χ3v) is 15.4. The van der Waals surface area contributed by atoms with E-state index in [-0.39, 0.29) is 107 Å². The lowest BCUT2D eigenvalue weighted by Gasteiger charge is -2.22. The quantitative estimate of drug-likeness (QED) is 0.165. The van der Waals surface area contributed by atoms with Crippen molar-refractivity contribution >= 4 is 81.5 Å². The molecular formula is C68H108O8S3. The SMILES string of the molecule is C.CCCC(=O)C(=O)[C@@H]1CCCCCCCCCc2ccccc2C(=O)C1.CCCC(=O)C(O)[C@@H]1CCCCCCCCCc2ccccc2C(=O)C1.O=C[C@@H]1CCCCCCCCCc2ccccc2C(=O)C1.S.S.S.[2H]CC. The van der Waals surface area contributed by atoms with E-state index in [4.69, 9.17) is 1.37 Å². The smallest absolute Gasteiger partial charge is 0.201 e. The number of hydrogen-bond donors (Lipinski definition) is 1. The summed E-state index contributed by atoms with van der Waals surface area (Å²) in [5.74, 6) is -1.32. The Labute approximate surface area is 502 Å². The Hall–Kier alpha value is -3.64. The predicted molar refractivity (Wildman–Crippen MR) is 345 cm³/mol. The standard InChI is InChI=1S/C23H34O3.C23H32O3.C19H26O2.C2H6.CH4.3H2S/c2*1-2-12-21(24)23(26)19-15-9-7-5-3-4-6-8-13-18-14-10-11-16-20(18)22(25)17-19;20-15-16-10-6-4-2-1-3-5-7-11-17-12-8-9-13-18(17)19(21)14-16;1-2;;;;/h10-11,14,16,19,23,26H,2-9,12-13,15,17H2,1H3;10-11,14,16,19H,2-9,12-13,15,17H2,1H3;8-9,12-13,15-16H,1-7,10-11,14H2;1-2H3;1H4;3*1H2/t19-,23?;19-;16-;;;;;/m111...../s1/i;;;1D;;;;. The van der Waals surface area contributed by atoms with E-state index in [0.29, 0.717) is 39.0 Å². The first-order valence-corrected chi connectivity index (χ1v) is 29.8. The summed E-state index contributed by atoms with van der Waals surface area (Å²) in [7, 11) is 0. The normalized spacial score (nSPS) is 19.8. The van der Waals surface area contributed by atoms with Gasteiger partial charge in [0.25, 0.3) is 0 Å². The van der Waals surface area contributed by atoms with Crippen LogP contribution in [-0.2, 0) is 38.4 Å². The average Bonchev–Trinajstić information content (AvgIpc) is 3.42. The number of fused-ring (bicyclic) bond motifs is 3. The lowest BCUT2D eigenvalue weighted by Crippen LogP contribution is -2.31. The molecule has 1 N–H and O–H groups in total. The predicted octanol–water partition coefficient (Wildman–Crippen LogP) is 17.5. The summed E-state index contributed by atoms with van der Waals surface area (Å²) in [6, 6.07) is 23.5. The molecule has 0 radical (unpaired) electrons. The summed E-state index contributed by atoms with van der Waals surface area (Å²) >= 11 is 0. The van der Waals surface area contributed by atoms with Crippen LogP contribution in [0, 0.1) is 17.8 Å². The summed E-state index contributed by atoms with van der Waals surface area (Å²) in [6.45, 7) is 6.14. The van der Waals surface area contributed by atoms with Crippen LogP contribution in [0.4, 0.5) is 0 Å². The second kappa shape index (κ2) is 47.9. The Morgan fingerprint density at radius 3 is 1.27 bits per heavy atom. The largest absolute Gasteiger partial charge is 0.385 e. The lowest BCUT2D eigenvalue weighted by molar-refractivity contribution is -0.139. The minimum absolute atomic E-state index is 0. The highest BCUT2D eigenvalue weighted by molar-refractivity contribution is 7.59. The number of rotatable bonds is 9. The maximum absolute atomic E-state index is 12.9. The zero-order chi connectivity index (χ0) is 55.2. The van der Waals surface area contributed by atoms with E-state index in [2.05, 4.69) is 6.07 Å². The van der Waals surface area contributed by atoms with Gasteiger partial charge in [0.05, 0.1) is 0 Å². The van der Waals surface area contributed by atoms with E-state index in [1.165, 1.54) is 83.5 Å². The third-order valence-electron chi connectivity index (χ3n) is 15.4. The van der Waals surface area contributed by atoms with Gasteiger partial charge < -0.3 is 9.90 Å². The highest BCUT2D eigenvalue weighted by Crippen LogP contribution is 2.28. The number of Topliss-reactive ketones (excluding diaryl/α,β-unsaturated/α-hetero) is 6. The molecule has 3 aromatic carbocycles. The summed E-state index contributed by atoms with van der Waals surface area (Å²) in [4.78, 5) is 86.4. The van der Waals surface area contributed by atoms with Crippen molar-refractivity contribution in [3.8, 4) is 0 Å². The molecule has 0 aromatic heterocycles. The van der Waals surface area contributed by atoms with Gasteiger partial charge in [-0.2, -0.15) is 40.5 Å². The number of carbonyl (C=O) groups is 7. The topological polar surface area (TPSA) is 140 Å². The Morgan fingerprint density at radius 2 is 0.861 bits per heavy atom. The van der Waals surface area contributed by atoms with Gasteiger partial charge in [-0.3, -0.25) is 28.8 Å². The minimum Gasteiger partial charge on any atom is -0.385 e. The molecule has 0 bridgehead atoms. The molecule has 0 saturated carbocycles. The number of aryl methyl sites for hydroxylation is 3. The number of ketones is 6. The van der Waals surface area contributed by atoms with E-state index in [1.807, 2.05) is 80.6 Å². The molecule has 1 unspecified atom stereocenters. The highest BCUT2D eigenvalue weighted by atomic mass is 32.1. The van der Waals surface area contributed by atoms with Gasteiger partial charge in [-0.05, 0) is 93.2 Å². The molecule has 6 rings (SSSR count). The fourth-order valence-electron chi connectivity index (χ4n) is 11.0. The van der Waals surface area contributed by atoms with Crippen molar-refractivity contribution in [1.82, 2.24) is 0 Å². The summed E-state index contributed by atoms with van der Waals surface area (Å²) in [6.07, 6.45) is 32.6. The average molecular weight is 1150 g/mol. The number of aliphatic hydroxyl groups excluding tert-OH is 1. The van der Waals surface area contributed by atoms with Gasteiger partial charge in [-0.15, -0.1) is 0 Å². The fourth-order valence-corrected chi connectivity index (χ4v) is 11.0. The van der Waals surface area contributed by atoms with Crippen LogP contribution in [-0.4, -0.2) is 52.2 Å². The van der Waals surface area contributed by atoms with Gasteiger partial charge in [-0.1, -0.05) is 223 Å². The van der Waals surface area contributed by atoms with Crippen molar-refractivity contribution in [3.05, 3.63) is 106 Å². The van der Waals surface area contributed by atoms with Crippen molar-refractivity contribution in [1.29, 1.82) is 0 Å². The van der Waals surface area contributed by atoms with E-state index in [1.54, 1.807) is 6.92 Å². The monoisotopic (exact) mass is 1150 g/mol. The van der Waals surface area contributed by atoms with E-state index >= 15 is 0 Å². The minimum atomic E-state index is -1.00. The summed E-state index contributed by atoms with van der Waals surface area (Å²) in [5, 5.41) is 10.5. The van der Waals surface area contributed by atoms with Crippen molar-refractivity contribution in [2.24, 2.45) is 17.8 Å². The van der Waals surface area contributed by atoms with Gasteiger partial charge in [0, 0.05) is 62.0 Å².